The van der Waals surface area contributed by atoms with E-state index in [-0.39, 0.29) is 5.82 Å². The van der Waals surface area contributed by atoms with Crippen molar-refractivity contribution in [2.45, 2.75) is 25.9 Å². The van der Waals surface area contributed by atoms with Gasteiger partial charge in [-0.1, -0.05) is 11.8 Å². The Labute approximate surface area is 124 Å². The zero-order valence-corrected chi connectivity index (χ0v) is 12.1. The molecule has 0 unspecified atom stereocenters. The molecule has 5 heteroatoms. The number of hydrogen-bond donors (Lipinski definition) is 1. The molecule has 0 spiro atoms. The number of halogens is 1. The van der Waals surface area contributed by atoms with Crippen LogP contribution in [-0.4, -0.2) is 36.7 Å². The first-order valence-electron chi connectivity index (χ1n) is 7.07. The third-order valence-corrected chi connectivity index (χ3v) is 3.18. The molecular formula is C16H19FN2O2. The van der Waals surface area contributed by atoms with Crippen molar-refractivity contribution in [1.82, 2.24) is 4.90 Å². The van der Waals surface area contributed by atoms with Crippen LogP contribution in [0.15, 0.2) is 24.3 Å². The Morgan fingerprint density at radius 1 is 1.38 bits per heavy atom. The maximum Gasteiger partial charge on any atom is 0.412 e. The molecule has 1 amide bonds. The number of ether oxygens (including phenoxy) is 1. The van der Waals surface area contributed by atoms with E-state index in [0.29, 0.717) is 12.2 Å². The predicted octanol–water partition coefficient (Wildman–Crippen LogP) is 2.86. The van der Waals surface area contributed by atoms with Crippen molar-refractivity contribution >= 4 is 11.8 Å². The highest BCUT2D eigenvalue weighted by atomic mass is 19.1. The summed E-state index contributed by atoms with van der Waals surface area (Å²) < 4.78 is 17.8. The molecular weight excluding hydrogens is 271 g/mol. The summed E-state index contributed by atoms with van der Waals surface area (Å²) in [7, 11) is 0. The van der Waals surface area contributed by atoms with Crippen molar-refractivity contribution in [2.75, 3.05) is 25.0 Å². The van der Waals surface area contributed by atoms with Gasteiger partial charge in [0.15, 0.2) is 6.10 Å². The molecule has 0 saturated carbocycles. The third-order valence-electron chi connectivity index (χ3n) is 3.18. The molecule has 1 aromatic carbocycles. The lowest BCUT2D eigenvalue weighted by molar-refractivity contribution is 0.145. The van der Waals surface area contributed by atoms with Gasteiger partial charge in [0.25, 0.3) is 0 Å². The van der Waals surface area contributed by atoms with Gasteiger partial charge in [-0.25, -0.2) is 9.18 Å². The van der Waals surface area contributed by atoms with Gasteiger partial charge in [0.1, 0.15) is 5.82 Å². The van der Waals surface area contributed by atoms with Gasteiger partial charge in [0.2, 0.25) is 0 Å². The fraction of sp³-hybridized carbons (Fsp3) is 0.438. The van der Waals surface area contributed by atoms with E-state index in [9.17, 15) is 9.18 Å². The topological polar surface area (TPSA) is 41.6 Å². The average Bonchev–Trinajstić information content (AvgIpc) is 2.94. The lowest BCUT2D eigenvalue weighted by Crippen LogP contribution is -2.21. The molecule has 2 rings (SSSR count). The molecule has 4 nitrogen and oxygen atoms in total. The van der Waals surface area contributed by atoms with Crippen LogP contribution in [0.25, 0.3) is 0 Å². The average molecular weight is 290 g/mol. The second-order valence-corrected chi connectivity index (χ2v) is 4.98. The summed E-state index contributed by atoms with van der Waals surface area (Å²) in [5.41, 5.74) is 0.485. The summed E-state index contributed by atoms with van der Waals surface area (Å²) in [6, 6.07) is 5.49. The first-order chi connectivity index (χ1) is 10.1. The zero-order valence-electron chi connectivity index (χ0n) is 12.1. The van der Waals surface area contributed by atoms with Crippen LogP contribution in [0.4, 0.5) is 14.9 Å². The fourth-order valence-electron chi connectivity index (χ4n) is 2.11. The van der Waals surface area contributed by atoms with Crippen LogP contribution < -0.4 is 5.32 Å². The third kappa shape index (κ3) is 5.44. The zero-order chi connectivity index (χ0) is 15.1. The van der Waals surface area contributed by atoms with Crippen LogP contribution in [0.3, 0.4) is 0 Å². The number of hydrogen-bond acceptors (Lipinski definition) is 3. The Morgan fingerprint density at radius 3 is 2.71 bits per heavy atom. The number of nitrogens with one attached hydrogen (secondary N) is 1. The van der Waals surface area contributed by atoms with E-state index in [0.717, 1.165) is 13.1 Å². The minimum atomic E-state index is -0.593. The van der Waals surface area contributed by atoms with Crippen molar-refractivity contribution in [3.05, 3.63) is 30.1 Å². The summed E-state index contributed by atoms with van der Waals surface area (Å²) in [6.45, 7) is 4.62. The molecule has 0 bridgehead atoms. The Morgan fingerprint density at radius 2 is 2.05 bits per heavy atom. The molecule has 1 N–H and O–H groups in total. The second-order valence-electron chi connectivity index (χ2n) is 4.98. The summed E-state index contributed by atoms with van der Waals surface area (Å²) in [6.07, 6.45) is 1.39. The van der Waals surface area contributed by atoms with E-state index in [4.69, 9.17) is 4.74 Å². The van der Waals surface area contributed by atoms with Gasteiger partial charge in [-0.3, -0.25) is 10.2 Å². The van der Waals surface area contributed by atoms with Crippen LogP contribution >= 0.6 is 0 Å². The first-order valence-corrected chi connectivity index (χ1v) is 7.07. The van der Waals surface area contributed by atoms with Crippen molar-refractivity contribution in [3.8, 4) is 11.8 Å². The fourth-order valence-corrected chi connectivity index (χ4v) is 2.11. The summed E-state index contributed by atoms with van der Waals surface area (Å²) in [5, 5.41) is 2.53. The molecule has 1 atom stereocenters. The highest BCUT2D eigenvalue weighted by Crippen LogP contribution is 2.09. The quantitative estimate of drug-likeness (QED) is 0.870. The number of carbonyl (C=O) groups excluding carboxylic acids is 1. The molecule has 21 heavy (non-hydrogen) atoms. The first kappa shape index (κ1) is 15.3. The van der Waals surface area contributed by atoms with E-state index < -0.39 is 12.2 Å². The van der Waals surface area contributed by atoms with Crippen LogP contribution in [0.1, 0.15) is 19.8 Å². The molecule has 1 heterocycles. The Bertz CT molecular complexity index is 527. The summed E-state index contributed by atoms with van der Waals surface area (Å²) in [4.78, 5) is 13.9. The van der Waals surface area contributed by atoms with E-state index in [2.05, 4.69) is 22.1 Å². The molecule has 1 saturated heterocycles. The predicted molar refractivity (Wildman–Crippen MR) is 79.4 cm³/mol. The van der Waals surface area contributed by atoms with Crippen molar-refractivity contribution in [2.24, 2.45) is 0 Å². The van der Waals surface area contributed by atoms with Gasteiger partial charge in [0.05, 0.1) is 6.54 Å². The van der Waals surface area contributed by atoms with Gasteiger partial charge in [-0.05, 0) is 57.1 Å². The molecule has 112 valence electrons. The number of anilines is 1. The standard InChI is InChI=1S/C16H19FN2O2/c1-13(5-4-12-19-10-2-3-11-19)21-16(20)18-15-8-6-14(17)7-9-15/h6-9,13H,2-3,10-12H2,1H3,(H,18,20)/t13-/m0/s1. The van der Waals surface area contributed by atoms with Gasteiger partial charge in [-0.15, -0.1) is 0 Å². The lowest BCUT2D eigenvalue weighted by atomic mass is 10.3. The van der Waals surface area contributed by atoms with E-state index >= 15 is 0 Å². The van der Waals surface area contributed by atoms with Crippen LogP contribution in [-0.2, 0) is 4.74 Å². The molecule has 0 aliphatic carbocycles. The maximum atomic E-state index is 12.7. The molecule has 1 aromatic rings. The Balaban J connectivity index is 1.73. The SMILES string of the molecule is C[C@@H](C#CCN1CCCC1)OC(=O)Nc1ccc(F)cc1. The van der Waals surface area contributed by atoms with Crippen LogP contribution in [0.2, 0.25) is 0 Å². The van der Waals surface area contributed by atoms with Gasteiger partial charge >= 0.3 is 6.09 Å². The molecule has 1 aliphatic rings. The molecule has 1 fully saturated rings. The van der Waals surface area contributed by atoms with E-state index in [1.165, 1.54) is 37.1 Å². The van der Waals surface area contributed by atoms with E-state index in [1.807, 2.05) is 0 Å². The molecule has 0 aromatic heterocycles. The number of carbonyl (C=O) groups is 1. The second kappa shape index (κ2) is 7.65. The monoisotopic (exact) mass is 290 g/mol. The molecule has 1 aliphatic heterocycles. The lowest BCUT2D eigenvalue weighted by Gasteiger charge is -2.10. The normalized spacial score (nSPS) is 15.9. The number of rotatable bonds is 3. The smallest absolute Gasteiger partial charge is 0.412 e. The number of nitrogens with zero attached hydrogens (tertiary/aromatic N) is 1. The number of benzene rings is 1. The minimum Gasteiger partial charge on any atom is -0.433 e. The highest BCUT2D eigenvalue weighted by molar-refractivity contribution is 5.84. The number of amides is 1. The van der Waals surface area contributed by atoms with Crippen LogP contribution in [0, 0.1) is 17.7 Å². The Hall–Kier alpha value is -2.06. The van der Waals surface area contributed by atoms with Gasteiger partial charge in [0, 0.05) is 5.69 Å². The summed E-state index contributed by atoms with van der Waals surface area (Å²) >= 11 is 0. The van der Waals surface area contributed by atoms with Gasteiger partial charge in [-0.2, -0.15) is 0 Å². The molecule has 0 radical (unpaired) electrons. The Kier molecular flexibility index (Phi) is 5.59. The van der Waals surface area contributed by atoms with E-state index in [1.54, 1.807) is 6.92 Å². The highest BCUT2D eigenvalue weighted by Gasteiger charge is 2.10. The van der Waals surface area contributed by atoms with Gasteiger partial charge < -0.3 is 4.74 Å². The largest absolute Gasteiger partial charge is 0.433 e. The number of likely N-dealkylation sites (tertiary alicyclic amines) is 1. The van der Waals surface area contributed by atoms with Crippen molar-refractivity contribution < 1.29 is 13.9 Å². The minimum absolute atomic E-state index is 0.352. The maximum absolute atomic E-state index is 12.7. The summed E-state index contributed by atoms with van der Waals surface area (Å²) in [5.74, 6) is 5.57. The van der Waals surface area contributed by atoms with Crippen LogP contribution in [0.5, 0.6) is 0 Å². The van der Waals surface area contributed by atoms with Crippen molar-refractivity contribution in [3.63, 3.8) is 0 Å². The van der Waals surface area contributed by atoms with Crippen molar-refractivity contribution in [1.29, 1.82) is 0 Å².